The molecule has 3 aromatic rings. The lowest BCUT2D eigenvalue weighted by Gasteiger charge is -2.30. The van der Waals surface area contributed by atoms with Gasteiger partial charge in [0.2, 0.25) is 0 Å². The van der Waals surface area contributed by atoms with Crippen molar-refractivity contribution in [1.29, 1.82) is 0 Å². The highest BCUT2D eigenvalue weighted by Crippen LogP contribution is 2.27. The zero-order valence-corrected chi connectivity index (χ0v) is 18.8. The van der Waals surface area contributed by atoms with Crippen molar-refractivity contribution in [3.8, 4) is 16.3 Å². The lowest BCUT2D eigenvalue weighted by atomic mass is 9.92. The minimum Gasteiger partial charge on any atom is -0.494 e. The second kappa shape index (κ2) is 9.60. The van der Waals surface area contributed by atoms with Gasteiger partial charge in [-0.25, -0.2) is 4.98 Å². The molecule has 30 heavy (non-hydrogen) atoms. The minimum absolute atomic E-state index is 0.299. The number of benzene rings is 1. The summed E-state index contributed by atoms with van der Waals surface area (Å²) in [4.78, 5) is 11.3. The van der Waals surface area contributed by atoms with Gasteiger partial charge in [-0.2, -0.15) is 4.98 Å². The van der Waals surface area contributed by atoms with Crippen LogP contribution in [0.5, 0.6) is 5.75 Å². The molecule has 0 radical (unpaired) electrons. The van der Waals surface area contributed by atoms with Gasteiger partial charge in [-0.05, 0) is 62.8 Å². The summed E-state index contributed by atoms with van der Waals surface area (Å²) in [7, 11) is 0. The highest BCUT2D eigenvalue weighted by atomic mass is 32.1. The van der Waals surface area contributed by atoms with E-state index >= 15 is 0 Å². The minimum atomic E-state index is 0.299. The number of hydrogen-bond acceptors (Lipinski definition) is 7. The lowest BCUT2D eigenvalue weighted by Crippen LogP contribution is -2.34. The number of hydrogen-bond donors (Lipinski definition) is 0. The predicted octanol–water partition coefficient (Wildman–Crippen LogP) is 5.70. The lowest BCUT2D eigenvalue weighted by molar-refractivity contribution is 0.276. The molecule has 4 rings (SSSR count). The van der Waals surface area contributed by atoms with Crippen LogP contribution < -0.4 is 9.64 Å². The first-order valence-corrected chi connectivity index (χ1v) is 11.7. The van der Waals surface area contributed by atoms with Crippen molar-refractivity contribution in [2.45, 2.75) is 52.4 Å². The van der Waals surface area contributed by atoms with E-state index < -0.39 is 0 Å². The molecule has 0 bridgehead atoms. The van der Waals surface area contributed by atoms with E-state index in [1.54, 1.807) is 11.3 Å². The number of aromatic nitrogens is 3. The predicted molar refractivity (Wildman–Crippen MR) is 120 cm³/mol. The Kier molecular flexibility index (Phi) is 6.67. The molecule has 1 saturated heterocycles. The number of nitrogens with zero attached hydrogens (tertiary/aromatic N) is 4. The standard InChI is InChI=1S/C23H30N4O2S/c1-16(2)21-25-23(29-26-21)27-12-10-18(11-13-27)5-4-14-28-20-8-6-19(7-9-20)22-24-17(3)15-30-22/h6-9,15-16,18H,4-5,10-14H2,1-3H3. The summed E-state index contributed by atoms with van der Waals surface area (Å²) in [5.74, 6) is 2.76. The quantitative estimate of drug-likeness (QED) is 0.431. The third-order valence-corrected chi connectivity index (χ3v) is 6.59. The summed E-state index contributed by atoms with van der Waals surface area (Å²) in [6.45, 7) is 8.93. The Morgan fingerprint density at radius 2 is 1.93 bits per heavy atom. The molecule has 1 fully saturated rings. The van der Waals surface area contributed by atoms with Gasteiger partial charge in [0.25, 0.3) is 0 Å². The third kappa shape index (κ3) is 5.19. The molecule has 1 aromatic carbocycles. The van der Waals surface area contributed by atoms with E-state index in [1.807, 2.05) is 19.1 Å². The summed E-state index contributed by atoms with van der Waals surface area (Å²) >= 11 is 1.68. The maximum Gasteiger partial charge on any atom is 0.324 e. The van der Waals surface area contributed by atoms with E-state index in [2.05, 4.69) is 51.4 Å². The molecule has 0 aliphatic carbocycles. The van der Waals surface area contributed by atoms with Crippen molar-refractivity contribution >= 4 is 17.4 Å². The molecule has 1 aliphatic rings. The summed E-state index contributed by atoms with van der Waals surface area (Å²) < 4.78 is 11.4. The highest BCUT2D eigenvalue weighted by molar-refractivity contribution is 7.13. The second-order valence-corrected chi connectivity index (χ2v) is 9.19. The van der Waals surface area contributed by atoms with Crippen molar-refractivity contribution in [2.24, 2.45) is 5.92 Å². The summed E-state index contributed by atoms with van der Waals surface area (Å²) in [5.41, 5.74) is 2.22. The Bertz CT molecular complexity index is 927. The molecule has 7 heteroatoms. The molecule has 0 atom stereocenters. The van der Waals surface area contributed by atoms with Crippen LogP contribution in [0.4, 0.5) is 6.01 Å². The topological polar surface area (TPSA) is 64.3 Å². The molecule has 2 aromatic heterocycles. The molecule has 0 saturated carbocycles. The van der Waals surface area contributed by atoms with Crippen LogP contribution in [-0.2, 0) is 0 Å². The molecule has 0 amide bonds. The largest absolute Gasteiger partial charge is 0.494 e. The smallest absolute Gasteiger partial charge is 0.324 e. The van der Waals surface area contributed by atoms with Gasteiger partial charge in [-0.15, -0.1) is 11.3 Å². The Labute approximate surface area is 182 Å². The van der Waals surface area contributed by atoms with Crippen LogP contribution in [0.25, 0.3) is 10.6 Å². The van der Waals surface area contributed by atoms with Crippen LogP contribution in [0.2, 0.25) is 0 Å². The van der Waals surface area contributed by atoms with Gasteiger partial charge in [-0.3, -0.25) is 0 Å². The van der Waals surface area contributed by atoms with Crippen LogP contribution in [0, 0.1) is 12.8 Å². The average molecular weight is 427 g/mol. The zero-order chi connectivity index (χ0) is 20.9. The molecule has 1 aliphatic heterocycles. The maximum atomic E-state index is 5.95. The Balaban J connectivity index is 1.16. The van der Waals surface area contributed by atoms with Crippen molar-refractivity contribution in [3.05, 3.63) is 41.2 Å². The SMILES string of the molecule is Cc1csc(-c2ccc(OCCCC3CCN(c4nc(C(C)C)no4)CC3)cc2)n1. The normalized spacial score (nSPS) is 15.1. The molecule has 0 N–H and O–H groups in total. The Hall–Kier alpha value is -2.41. The fraction of sp³-hybridized carbons (Fsp3) is 0.522. The summed E-state index contributed by atoms with van der Waals surface area (Å²) in [6, 6.07) is 8.94. The van der Waals surface area contributed by atoms with Crippen molar-refractivity contribution in [1.82, 2.24) is 15.1 Å². The Morgan fingerprint density at radius 3 is 2.57 bits per heavy atom. The van der Waals surface area contributed by atoms with Gasteiger partial charge < -0.3 is 14.2 Å². The summed E-state index contributed by atoms with van der Waals surface area (Å²) in [6.07, 6.45) is 4.62. The number of thiazole rings is 1. The van der Waals surface area contributed by atoms with Crippen LogP contribution in [0.3, 0.4) is 0 Å². The van der Waals surface area contributed by atoms with E-state index in [0.29, 0.717) is 11.9 Å². The Morgan fingerprint density at radius 1 is 1.17 bits per heavy atom. The van der Waals surface area contributed by atoms with Gasteiger partial charge in [0.05, 0.1) is 6.61 Å². The average Bonchev–Trinajstić information content (AvgIpc) is 3.42. The van der Waals surface area contributed by atoms with Crippen molar-refractivity contribution < 1.29 is 9.26 Å². The second-order valence-electron chi connectivity index (χ2n) is 8.33. The molecule has 3 heterocycles. The van der Waals surface area contributed by atoms with E-state index in [4.69, 9.17) is 9.26 Å². The fourth-order valence-electron chi connectivity index (χ4n) is 3.74. The van der Waals surface area contributed by atoms with Gasteiger partial charge >= 0.3 is 6.01 Å². The summed E-state index contributed by atoms with van der Waals surface area (Å²) in [5, 5.41) is 7.22. The van der Waals surface area contributed by atoms with Gasteiger partial charge in [-0.1, -0.05) is 19.0 Å². The van der Waals surface area contributed by atoms with Gasteiger partial charge in [0.15, 0.2) is 5.82 Å². The molecular formula is C23H30N4O2S. The zero-order valence-electron chi connectivity index (χ0n) is 18.0. The van der Waals surface area contributed by atoms with Crippen LogP contribution in [0.15, 0.2) is 34.2 Å². The number of rotatable bonds is 8. The first-order chi connectivity index (χ1) is 14.6. The monoisotopic (exact) mass is 426 g/mol. The molecule has 6 nitrogen and oxygen atoms in total. The number of aryl methyl sites for hydroxylation is 1. The van der Waals surface area contributed by atoms with E-state index in [9.17, 15) is 0 Å². The van der Waals surface area contributed by atoms with Crippen LogP contribution >= 0.6 is 11.3 Å². The van der Waals surface area contributed by atoms with Crippen LogP contribution in [-0.4, -0.2) is 34.8 Å². The maximum absolute atomic E-state index is 5.95. The van der Waals surface area contributed by atoms with Gasteiger partial charge in [0.1, 0.15) is 10.8 Å². The first kappa shape index (κ1) is 20.8. The number of anilines is 1. The molecule has 0 unspecified atom stereocenters. The van der Waals surface area contributed by atoms with E-state index in [1.165, 1.54) is 19.3 Å². The van der Waals surface area contributed by atoms with Crippen molar-refractivity contribution in [3.63, 3.8) is 0 Å². The van der Waals surface area contributed by atoms with E-state index in [-0.39, 0.29) is 0 Å². The number of piperidine rings is 1. The number of ether oxygens (including phenoxy) is 1. The van der Waals surface area contributed by atoms with Gasteiger partial charge in [0, 0.05) is 35.6 Å². The fourth-order valence-corrected chi connectivity index (χ4v) is 4.55. The van der Waals surface area contributed by atoms with E-state index in [0.717, 1.165) is 59.9 Å². The first-order valence-electron chi connectivity index (χ1n) is 10.8. The van der Waals surface area contributed by atoms with Crippen LogP contribution in [0.1, 0.15) is 57.0 Å². The van der Waals surface area contributed by atoms with Crippen molar-refractivity contribution in [2.75, 3.05) is 24.6 Å². The molecule has 0 spiro atoms. The molecule has 160 valence electrons. The molecular weight excluding hydrogens is 396 g/mol. The third-order valence-electron chi connectivity index (χ3n) is 5.58. The highest BCUT2D eigenvalue weighted by Gasteiger charge is 2.23.